The Hall–Kier alpha value is -0.380. The molecule has 0 unspecified atom stereocenters. The van der Waals surface area contributed by atoms with Crippen molar-refractivity contribution in [1.82, 2.24) is 4.90 Å². The number of aryl methyl sites for hydroxylation is 1. The summed E-state index contributed by atoms with van der Waals surface area (Å²) in [6.45, 7) is 7.31. The van der Waals surface area contributed by atoms with Gasteiger partial charge in [0.1, 0.15) is 0 Å². The number of aliphatic hydroxyl groups is 1. The third-order valence-corrected chi connectivity index (χ3v) is 2.90. The largest absolute Gasteiger partial charge is 0.389 e. The molecule has 3 heteroatoms. The van der Waals surface area contributed by atoms with Gasteiger partial charge in [-0.1, -0.05) is 22.0 Å². The van der Waals surface area contributed by atoms with Gasteiger partial charge < -0.3 is 5.11 Å². The first kappa shape index (κ1) is 13.7. The summed E-state index contributed by atoms with van der Waals surface area (Å²) in [6, 6.07) is 6.30. The molecular weight excluding hydrogens is 266 g/mol. The molecule has 0 saturated carbocycles. The Morgan fingerprint density at radius 1 is 1.38 bits per heavy atom. The first-order valence-electron chi connectivity index (χ1n) is 5.44. The zero-order valence-electron chi connectivity index (χ0n) is 10.4. The maximum absolute atomic E-state index is 9.73. The van der Waals surface area contributed by atoms with Crippen LogP contribution in [0, 0.1) is 6.92 Å². The lowest BCUT2D eigenvalue weighted by molar-refractivity contribution is 0.0424. The van der Waals surface area contributed by atoms with Crippen LogP contribution in [0.5, 0.6) is 0 Å². The quantitative estimate of drug-likeness (QED) is 0.920. The highest BCUT2D eigenvalue weighted by Crippen LogP contribution is 2.17. The van der Waals surface area contributed by atoms with Gasteiger partial charge in [0.05, 0.1) is 5.60 Å². The van der Waals surface area contributed by atoms with Crippen LogP contribution in [-0.2, 0) is 6.54 Å². The number of hydrogen-bond donors (Lipinski definition) is 1. The first-order chi connectivity index (χ1) is 7.28. The normalized spacial score (nSPS) is 12.2. The minimum Gasteiger partial charge on any atom is -0.389 e. The molecule has 90 valence electrons. The van der Waals surface area contributed by atoms with E-state index in [1.54, 1.807) is 0 Å². The third kappa shape index (κ3) is 4.64. The van der Waals surface area contributed by atoms with Crippen molar-refractivity contribution in [2.75, 3.05) is 13.6 Å². The molecule has 1 aromatic rings. The highest BCUT2D eigenvalue weighted by Gasteiger charge is 2.15. The van der Waals surface area contributed by atoms with Gasteiger partial charge in [-0.25, -0.2) is 0 Å². The number of benzene rings is 1. The van der Waals surface area contributed by atoms with Crippen molar-refractivity contribution in [2.24, 2.45) is 0 Å². The van der Waals surface area contributed by atoms with E-state index in [9.17, 15) is 5.11 Å². The van der Waals surface area contributed by atoms with Gasteiger partial charge in [-0.2, -0.15) is 0 Å². The van der Waals surface area contributed by atoms with Gasteiger partial charge >= 0.3 is 0 Å². The summed E-state index contributed by atoms with van der Waals surface area (Å²) in [7, 11) is 2.03. The summed E-state index contributed by atoms with van der Waals surface area (Å²) in [5, 5.41) is 9.73. The Labute approximate surface area is 106 Å². The minimum atomic E-state index is -0.641. The third-order valence-electron chi connectivity index (χ3n) is 2.40. The highest BCUT2D eigenvalue weighted by atomic mass is 79.9. The summed E-state index contributed by atoms with van der Waals surface area (Å²) < 4.78 is 1.11. The van der Waals surface area contributed by atoms with Gasteiger partial charge in [0.2, 0.25) is 0 Å². The van der Waals surface area contributed by atoms with Gasteiger partial charge in [0.15, 0.2) is 0 Å². The second kappa shape index (κ2) is 5.30. The molecule has 16 heavy (non-hydrogen) atoms. The molecule has 0 heterocycles. The number of nitrogens with zero attached hydrogens (tertiary/aromatic N) is 1. The van der Waals surface area contributed by atoms with Gasteiger partial charge in [0, 0.05) is 17.6 Å². The van der Waals surface area contributed by atoms with Crippen LogP contribution in [0.15, 0.2) is 22.7 Å². The first-order valence-corrected chi connectivity index (χ1v) is 6.23. The molecule has 0 aliphatic carbocycles. The fourth-order valence-corrected chi connectivity index (χ4v) is 2.32. The van der Waals surface area contributed by atoms with E-state index in [4.69, 9.17) is 0 Å². The lowest BCUT2D eigenvalue weighted by Gasteiger charge is -2.26. The Morgan fingerprint density at radius 2 is 2.00 bits per heavy atom. The van der Waals surface area contributed by atoms with Crippen molar-refractivity contribution in [3.05, 3.63) is 33.8 Å². The van der Waals surface area contributed by atoms with Crippen LogP contribution >= 0.6 is 15.9 Å². The molecule has 1 rings (SSSR count). The van der Waals surface area contributed by atoms with E-state index in [1.807, 2.05) is 20.9 Å². The summed E-state index contributed by atoms with van der Waals surface area (Å²) in [6.07, 6.45) is 0. The second-order valence-corrected chi connectivity index (χ2v) is 5.97. The summed E-state index contributed by atoms with van der Waals surface area (Å²) in [5.74, 6) is 0. The van der Waals surface area contributed by atoms with E-state index in [2.05, 4.69) is 46.0 Å². The minimum absolute atomic E-state index is 0.641. The lowest BCUT2D eigenvalue weighted by Crippen LogP contribution is -2.35. The van der Waals surface area contributed by atoms with Crippen molar-refractivity contribution in [3.63, 3.8) is 0 Å². The second-order valence-electron chi connectivity index (χ2n) is 5.06. The lowest BCUT2D eigenvalue weighted by atomic mass is 10.1. The van der Waals surface area contributed by atoms with Gasteiger partial charge in [-0.05, 0) is 51.1 Å². The summed E-state index contributed by atoms with van der Waals surface area (Å²) in [4.78, 5) is 2.14. The molecule has 0 aliphatic rings. The van der Waals surface area contributed by atoms with Crippen LogP contribution < -0.4 is 0 Å². The van der Waals surface area contributed by atoms with Crippen LogP contribution in [-0.4, -0.2) is 29.2 Å². The standard InChI is InChI=1S/C13H20BrNO/c1-10-7-12(14)6-5-11(10)8-15(4)9-13(2,3)16/h5-7,16H,8-9H2,1-4H3. The molecule has 0 amide bonds. The van der Waals surface area contributed by atoms with Crippen LogP contribution in [0.1, 0.15) is 25.0 Å². The molecule has 2 nitrogen and oxygen atoms in total. The summed E-state index contributed by atoms with van der Waals surface area (Å²) in [5.41, 5.74) is 1.93. The molecule has 0 spiro atoms. The molecule has 0 saturated heterocycles. The van der Waals surface area contributed by atoms with E-state index in [-0.39, 0.29) is 0 Å². The average molecular weight is 286 g/mol. The van der Waals surface area contributed by atoms with Gasteiger partial charge in [0.25, 0.3) is 0 Å². The zero-order valence-corrected chi connectivity index (χ0v) is 12.0. The smallest absolute Gasteiger partial charge is 0.0718 e. The molecule has 0 atom stereocenters. The molecule has 1 N–H and O–H groups in total. The van der Waals surface area contributed by atoms with Gasteiger partial charge in [-0.3, -0.25) is 4.90 Å². The number of rotatable bonds is 4. The topological polar surface area (TPSA) is 23.5 Å². The van der Waals surface area contributed by atoms with E-state index >= 15 is 0 Å². The Kier molecular flexibility index (Phi) is 4.53. The zero-order chi connectivity index (χ0) is 12.3. The summed E-state index contributed by atoms with van der Waals surface area (Å²) >= 11 is 3.46. The SMILES string of the molecule is Cc1cc(Br)ccc1CN(C)CC(C)(C)O. The van der Waals surface area contributed by atoms with E-state index in [0.717, 1.165) is 11.0 Å². The van der Waals surface area contributed by atoms with Crippen molar-refractivity contribution < 1.29 is 5.11 Å². The maximum atomic E-state index is 9.73. The van der Waals surface area contributed by atoms with Gasteiger partial charge in [-0.15, -0.1) is 0 Å². The van der Waals surface area contributed by atoms with Crippen LogP contribution in [0.2, 0.25) is 0 Å². The van der Waals surface area contributed by atoms with Crippen molar-refractivity contribution in [2.45, 2.75) is 32.9 Å². The van der Waals surface area contributed by atoms with Crippen LogP contribution in [0.25, 0.3) is 0 Å². The van der Waals surface area contributed by atoms with Crippen molar-refractivity contribution in [1.29, 1.82) is 0 Å². The van der Waals surface area contributed by atoms with Crippen LogP contribution in [0.4, 0.5) is 0 Å². The molecule has 0 aliphatic heterocycles. The molecule has 0 fully saturated rings. The Balaban J connectivity index is 2.66. The molecule has 0 radical (unpaired) electrons. The highest BCUT2D eigenvalue weighted by molar-refractivity contribution is 9.10. The molecule has 1 aromatic carbocycles. The molecule has 0 aromatic heterocycles. The maximum Gasteiger partial charge on any atom is 0.0718 e. The number of hydrogen-bond acceptors (Lipinski definition) is 2. The van der Waals surface area contributed by atoms with E-state index in [0.29, 0.717) is 6.54 Å². The predicted octanol–water partition coefficient (Wildman–Crippen LogP) is 2.96. The van der Waals surface area contributed by atoms with Crippen molar-refractivity contribution >= 4 is 15.9 Å². The monoisotopic (exact) mass is 285 g/mol. The Bertz CT molecular complexity index is 357. The number of likely N-dealkylation sites (N-methyl/N-ethyl adjacent to an activating group) is 1. The number of halogens is 1. The van der Waals surface area contributed by atoms with E-state index in [1.165, 1.54) is 11.1 Å². The van der Waals surface area contributed by atoms with Crippen molar-refractivity contribution in [3.8, 4) is 0 Å². The molecular formula is C13H20BrNO. The fourth-order valence-electron chi connectivity index (χ4n) is 1.84. The fraction of sp³-hybridized carbons (Fsp3) is 0.538. The molecule has 0 bridgehead atoms. The van der Waals surface area contributed by atoms with E-state index < -0.39 is 5.60 Å². The Morgan fingerprint density at radius 3 is 2.50 bits per heavy atom. The average Bonchev–Trinajstić information content (AvgIpc) is 2.06. The van der Waals surface area contributed by atoms with Crippen LogP contribution in [0.3, 0.4) is 0 Å². The predicted molar refractivity (Wildman–Crippen MR) is 71.5 cm³/mol.